The van der Waals surface area contributed by atoms with Crippen LogP contribution in [0, 0.1) is 0 Å². The fraction of sp³-hybridized carbons (Fsp3) is 0.385. The first-order chi connectivity index (χ1) is 17.9. The predicted molar refractivity (Wildman–Crippen MR) is 145 cm³/mol. The summed E-state index contributed by atoms with van der Waals surface area (Å²) in [4.78, 5) is 43.3. The fourth-order valence-electron chi connectivity index (χ4n) is 4.72. The maximum atomic E-state index is 14.2. The van der Waals surface area contributed by atoms with Crippen LogP contribution in [0.1, 0.15) is 19.5 Å². The maximum Gasteiger partial charge on any atom is 0.252 e. The SMILES string of the molecule is CNC(C)C(=O)N[C@@H]1C(=O)N(Cc2nn(C)c3ccccc23)c2ccccc2N(C(=O)CS(C)(=O)=O)[C@H]1C. The molecule has 3 aromatic rings. The van der Waals surface area contributed by atoms with E-state index in [1.807, 2.05) is 31.3 Å². The van der Waals surface area contributed by atoms with Gasteiger partial charge in [0.15, 0.2) is 9.84 Å². The summed E-state index contributed by atoms with van der Waals surface area (Å²) in [7, 11) is -0.222. The molecule has 3 atom stereocenters. The predicted octanol–water partition coefficient (Wildman–Crippen LogP) is 0.979. The molecule has 1 aliphatic rings. The minimum atomic E-state index is -3.67. The van der Waals surface area contributed by atoms with E-state index >= 15 is 0 Å². The van der Waals surface area contributed by atoms with Gasteiger partial charge in [0.25, 0.3) is 5.91 Å². The Morgan fingerprint density at radius 1 is 1.08 bits per heavy atom. The summed E-state index contributed by atoms with van der Waals surface area (Å²) in [6.45, 7) is 3.36. The van der Waals surface area contributed by atoms with Crippen LogP contribution in [0.4, 0.5) is 11.4 Å². The number of nitrogens with zero attached hydrogens (tertiary/aromatic N) is 4. The Kier molecular flexibility index (Phi) is 7.56. The summed E-state index contributed by atoms with van der Waals surface area (Å²) >= 11 is 0. The van der Waals surface area contributed by atoms with Gasteiger partial charge >= 0.3 is 0 Å². The van der Waals surface area contributed by atoms with Crippen molar-refractivity contribution < 1.29 is 22.8 Å². The number of rotatable bonds is 7. The normalized spacial score (nSPS) is 18.7. The molecule has 11 nitrogen and oxygen atoms in total. The van der Waals surface area contributed by atoms with Crippen molar-refractivity contribution in [1.82, 2.24) is 20.4 Å². The topological polar surface area (TPSA) is 134 Å². The third-order valence-electron chi connectivity index (χ3n) is 6.77. The van der Waals surface area contributed by atoms with Gasteiger partial charge in [-0.15, -0.1) is 0 Å². The van der Waals surface area contributed by atoms with Gasteiger partial charge in [0.05, 0.1) is 41.2 Å². The minimum absolute atomic E-state index is 0.0754. The molecule has 0 radical (unpaired) electrons. The molecule has 1 unspecified atom stereocenters. The van der Waals surface area contributed by atoms with Crippen molar-refractivity contribution in [3.8, 4) is 0 Å². The Hall–Kier alpha value is -3.77. The van der Waals surface area contributed by atoms with Gasteiger partial charge in [-0.3, -0.25) is 19.1 Å². The first-order valence-corrected chi connectivity index (χ1v) is 14.3. The van der Waals surface area contributed by atoms with Gasteiger partial charge < -0.3 is 20.4 Å². The number of carbonyl (C=O) groups is 3. The monoisotopic (exact) mass is 540 g/mol. The summed E-state index contributed by atoms with van der Waals surface area (Å²) in [5, 5.41) is 11.1. The highest BCUT2D eigenvalue weighted by Crippen LogP contribution is 2.37. The molecule has 0 aliphatic carbocycles. The van der Waals surface area contributed by atoms with Crippen molar-refractivity contribution in [2.24, 2.45) is 7.05 Å². The molecular weight excluding hydrogens is 508 g/mol. The van der Waals surface area contributed by atoms with Gasteiger partial charge in [-0.2, -0.15) is 5.10 Å². The highest BCUT2D eigenvalue weighted by molar-refractivity contribution is 7.91. The molecule has 2 N–H and O–H groups in total. The lowest BCUT2D eigenvalue weighted by atomic mass is 10.1. The standard InChI is InChI=1S/C26H32N6O5S/c1-16(27-3)25(34)28-24-17(2)32(23(33)15-38(5,36)37)22-13-9-8-12-21(22)31(26(24)35)14-19-18-10-6-7-11-20(18)30(4)29-19/h6-13,16-17,24,27H,14-15H2,1-5H3,(H,28,34)/t16?,17-,24-/m0/s1. The summed E-state index contributed by atoms with van der Waals surface area (Å²) < 4.78 is 25.9. The highest BCUT2D eigenvalue weighted by Gasteiger charge is 2.43. The van der Waals surface area contributed by atoms with Gasteiger partial charge in [-0.1, -0.05) is 30.3 Å². The molecule has 38 heavy (non-hydrogen) atoms. The van der Waals surface area contributed by atoms with E-state index < -0.39 is 51.4 Å². The van der Waals surface area contributed by atoms with Crippen molar-refractivity contribution in [2.75, 3.05) is 28.9 Å². The van der Waals surface area contributed by atoms with Gasteiger partial charge in [0.2, 0.25) is 11.8 Å². The van der Waals surface area contributed by atoms with E-state index in [9.17, 15) is 22.8 Å². The van der Waals surface area contributed by atoms with Crippen molar-refractivity contribution in [1.29, 1.82) is 0 Å². The molecule has 1 aromatic heterocycles. The molecule has 0 saturated carbocycles. The number of sulfone groups is 1. The van der Waals surface area contributed by atoms with E-state index in [1.54, 1.807) is 49.8 Å². The van der Waals surface area contributed by atoms with E-state index in [-0.39, 0.29) is 6.54 Å². The van der Waals surface area contributed by atoms with Crippen molar-refractivity contribution in [3.05, 3.63) is 54.2 Å². The molecule has 0 spiro atoms. The second-order valence-electron chi connectivity index (χ2n) is 9.57. The summed E-state index contributed by atoms with van der Waals surface area (Å²) in [5.41, 5.74) is 2.33. The van der Waals surface area contributed by atoms with Crippen LogP contribution < -0.4 is 20.4 Å². The number of fused-ring (bicyclic) bond motifs is 2. The fourth-order valence-corrected chi connectivity index (χ4v) is 5.31. The molecule has 12 heteroatoms. The van der Waals surface area contributed by atoms with E-state index in [1.165, 1.54) is 9.80 Å². The third-order valence-corrected chi connectivity index (χ3v) is 7.55. The number of aromatic nitrogens is 2. The van der Waals surface area contributed by atoms with Crippen molar-refractivity contribution >= 4 is 49.8 Å². The largest absolute Gasteiger partial charge is 0.341 e. The Bertz CT molecular complexity index is 1500. The second-order valence-corrected chi connectivity index (χ2v) is 11.7. The average molecular weight is 541 g/mol. The van der Waals surface area contributed by atoms with Crippen molar-refractivity contribution in [2.45, 2.75) is 38.5 Å². The van der Waals surface area contributed by atoms with Gasteiger partial charge in [0.1, 0.15) is 11.8 Å². The lowest BCUT2D eigenvalue weighted by molar-refractivity contribution is -0.129. The Morgan fingerprint density at radius 3 is 2.37 bits per heavy atom. The number of nitrogens with one attached hydrogen (secondary N) is 2. The van der Waals surface area contributed by atoms with Crippen LogP contribution >= 0.6 is 0 Å². The number of hydrogen-bond acceptors (Lipinski definition) is 7. The first kappa shape index (κ1) is 27.3. The number of likely N-dealkylation sites (N-methyl/N-ethyl adjacent to an activating group) is 1. The number of aryl methyl sites for hydroxylation is 1. The van der Waals surface area contributed by atoms with E-state index in [0.29, 0.717) is 17.1 Å². The van der Waals surface area contributed by atoms with Crippen molar-refractivity contribution in [3.63, 3.8) is 0 Å². The molecule has 0 fully saturated rings. The summed E-state index contributed by atoms with van der Waals surface area (Å²) in [6.07, 6.45) is 0.983. The quantitative estimate of drug-likeness (QED) is 0.456. The zero-order valence-corrected chi connectivity index (χ0v) is 22.8. The zero-order chi connectivity index (χ0) is 27.8. The van der Waals surface area contributed by atoms with E-state index in [4.69, 9.17) is 0 Å². The lowest BCUT2D eigenvalue weighted by Gasteiger charge is -2.32. The van der Waals surface area contributed by atoms with Crippen LogP contribution in [-0.4, -0.2) is 73.1 Å². The molecular formula is C26H32N6O5S. The highest BCUT2D eigenvalue weighted by atomic mass is 32.2. The Morgan fingerprint density at radius 2 is 1.71 bits per heavy atom. The molecule has 2 aromatic carbocycles. The van der Waals surface area contributed by atoms with Crippen LogP contribution in [0.25, 0.3) is 10.9 Å². The lowest BCUT2D eigenvalue weighted by Crippen LogP contribution is -2.60. The third kappa shape index (κ3) is 5.27. The average Bonchev–Trinajstić information content (AvgIpc) is 3.15. The van der Waals surface area contributed by atoms with E-state index in [2.05, 4.69) is 15.7 Å². The summed E-state index contributed by atoms with van der Waals surface area (Å²) in [5.74, 6) is -2.29. The number of para-hydroxylation sites is 3. The Balaban J connectivity index is 1.87. The summed E-state index contributed by atoms with van der Waals surface area (Å²) in [6, 6.07) is 11.8. The number of anilines is 2. The minimum Gasteiger partial charge on any atom is -0.341 e. The van der Waals surface area contributed by atoms with Gasteiger partial charge in [0, 0.05) is 18.7 Å². The van der Waals surface area contributed by atoms with E-state index in [0.717, 1.165) is 17.2 Å². The number of hydrogen-bond donors (Lipinski definition) is 2. The van der Waals surface area contributed by atoms with Crippen LogP contribution in [-0.2, 0) is 37.8 Å². The van der Waals surface area contributed by atoms with Gasteiger partial charge in [-0.05, 0) is 39.1 Å². The second kappa shape index (κ2) is 10.5. The number of amides is 3. The molecule has 0 bridgehead atoms. The number of carbonyl (C=O) groups excluding carboxylic acids is 3. The molecule has 0 saturated heterocycles. The van der Waals surface area contributed by atoms with Crippen LogP contribution in [0.3, 0.4) is 0 Å². The number of benzene rings is 2. The molecule has 4 rings (SSSR count). The van der Waals surface area contributed by atoms with Gasteiger partial charge in [-0.25, -0.2) is 8.42 Å². The first-order valence-electron chi connectivity index (χ1n) is 12.2. The maximum absolute atomic E-state index is 14.2. The zero-order valence-electron chi connectivity index (χ0n) is 22.0. The van der Waals surface area contributed by atoms with Crippen LogP contribution in [0.5, 0.6) is 0 Å². The smallest absolute Gasteiger partial charge is 0.252 e. The molecule has 1 aliphatic heterocycles. The Labute approximate surface area is 221 Å². The van der Waals surface area contributed by atoms with Crippen LogP contribution in [0.15, 0.2) is 48.5 Å². The molecule has 3 amide bonds. The molecule has 202 valence electrons. The van der Waals surface area contributed by atoms with Crippen LogP contribution in [0.2, 0.25) is 0 Å². The molecule has 2 heterocycles.